The van der Waals surface area contributed by atoms with Crippen LogP contribution in [0.25, 0.3) is 0 Å². The summed E-state index contributed by atoms with van der Waals surface area (Å²) >= 11 is 0. The number of piperidine rings is 1. The fourth-order valence-corrected chi connectivity index (χ4v) is 4.68. The monoisotopic (exact) mass is 463 g/mol. The summed E-state index contributed by atoms with van der Waals surface area (Å²) in [6.07, 6.45) is 4.71. The first-order valence-corrected chi connectivity index (χ1v) is 11.7. The Labute approximate surface area is 201 Å². The molecule has 1 saturated heterocycles. The Balaban J connectivity index is 1.40. The minimum atomic E-state index is -0.464. The van der Waals surface area contributed by atoms with Gasteiger partial charge in [0.1, 0.15) is 5.82 Å². The van der Waals surface area contributed by atoms with E-state index in [2.05, 4.69) is 82.7 Å². The Morgan fingerprint density at radius 3 is 2.32 bits per heavy atom. The maximum absolute atomic E-state index is 14.6. The highest BCUT2D eigenvalue weighted by Gasteiger charge is 2.43. The van der Waals surface area contributed by atoms with E-state index in [0.29, 0.717) is 11.8 Å². The van der Waals surface area contributed by atoms with Gasteiger partial charge in [-0.25, -0.2) is 14.4 Å². The van der Waals surface area contributed by atoms with E-state index in [9.17, 15) is 4.39 Å². The number of nitrogens with one attached hydrogen (secondary N) is 3. The van der Waals surface area contributed by atoms with Crippen molar-refractivity contribution in [2.75, 3.05) is 23.0 Å². The van der Waals surface area contributed by atoms with E-state index in [1.807, 2.05) is 30.3 Å². The molecule has 180 valence electrons. The van der Waals surface area contributed by atoms with Gasteiger partial charge < -0.3 is 16.0 Å². The van der Waals surface area contributed by atoms with E-state index in [1.54, 1.807) is 6.20 Å². The lowest BCUT2D eigenvalue weighted by atomic mass is 9.77. The van der Waals surface area contributed by atoms with Gasteiger partial charge in [0.2, 0.25) is 5.95 Å². The maximum Gasteiger partial charge on any atom is 0.230 e. The third-order valence-corrected chi connectivity index (χ3v) is 6.74. The van der Waals surface area contributed by atoms with Crippen molar-refractivity contribution in [3.8, 4) is 0 Å². The smallest absolute Gasteiger partial charge is 0.230 e. The number of nitrogens with zero attached hydrogens (tertiary/aromatic N) is 4. The highest BCUT2D eigenvalue weighted by atomic mass is 19.1. The summed E-state index contributed by atoms with van der Waals surface area (Å²) in [7, 11) is 2.15. The zero-order valence-corrected chi connectivity index (χ0v) is 20.6. The summed E-state index contributed by atoms with van der Waals surface area (Å²) in [5, 5.41) is 9.74. The second kappa shape index (κ2) is 9.54. The van der Waals surface area contributed by atoms with Crippen LogP contribution in [0.1, 0.15) is 46.1 Å². The van der Waals surface area contributed by atoms with Crippen molar-refractivity contribution in [2.24, 2.45) is 0 Å². The fraction of sp³-hybridized carbons (Fsp3) is 0.423. The zero-order chi connectivity index (χ0) is 24.3. The van der Waals surface area contributed by atoms with Gasteiger partial charge in [-0.05, 0) is 65.3 Å². The topological polar surface area (TPSA) is 78.0 Å². The number of rotatable bonds is 7. The third-order valence-electron chi connectivity index (χ3n) is 6.74. The molecule has 0 saturated carbocycles. The largest absolute Gasteiger partial charge is 0.380 e. The van der Waals surface area contributed by atoms with Crippen molar-refractivity contribution in [1.82, 2.24) is 19.9 Å². The van der Waals surface area contributed by atoms with E-state index >= 15 is 0 Å². The fourth-order valence-electron chi connectivity index (χ4n) is 4.68. The lowest BCUT2D eigenvalue weighted by Crippen LogP contribution is -2.61. The second-order valence-corrected chi connectivity index (χ2v) is 10.2. The van der Waals surface area contributed by atoms with E-state index < -0.39 is 5.82 Å². The molecule has 3 heterocycles. The van der Waals surface area contributed by atoms with Crippen molar-refractivity contribution in [1.29, 1.82) is 0 Å². The molecular weight excluding hydrogens is 429 g/mol. The Kier molecular flexibility index (Phi) is 6.70. The van der Waals surface area contributed by atoms with Gasteiger partial charge in [-0.15, -0.1) is 0 Å². The molecule has 2 aromatic heterocycles. The van der Waals surface area contributed by atoms with Crippen molar-refractivity contribution in [3.05, 3.63) is 66.2 Å². The molecule has 0 amide bonds. The Bertz CT molecular complexity index is 1080. The lowest BCUT2D eigenvalue weighted by molar-refractivity contribution is -0.00778. The molecule has 0 aliphatic carbocycles. The second-order valence-electron chi connectivity index (χ2n) is 10.2. The SMILES string of the molecule is CN1C(C)(C)CC(Nc2nc(Nc3ccc(NCc4ccccc4)cn3)ncc2F)CC1(C)C. The number of halogens is 1. The minimum absolute atomic E-state index is 0.00971. The number of anilines is 4. The Morgan fingerprint density at radius 1 is 0.971 bits per heavy atom. The molecule has 0 bridgehead atoms. The van der Waals surface area contributed by atoms with E-state index in [-0.39, 0.29) is 22.9 Å². The Morgan fingerprint density at radius 2 is 1.68 bits per heavy atom. The van der Waals surface area contributed by atoms with Crippen LogP contribution in [0.3, 0.4) is 0 Å². The van der Waals surface area contributed by atoms with Crippen LogP contribution in [0.2, 0.25) is 0 Å². The molecule has 8 heteroatoms. The van der Waals surface area contributed by atoms with Gasteiger partial charge in [-0.1, -0.05) is 30.3 Å². The van der Waals surface area contributed by atoms with Crippen LogP contribution in [-0.2, 0) is 6.54 Å². The summed E-state index contributed by atoms with van der Waals surface area (Å²) in [5.74, 6) is 0.630. The molecular formula is C26H34FN7. The van der Waals surface area contributed by atoms with Gasteiger partial charge in [0.05, 0.1) is 18.1 Å². The van der Waals surface area contributed by atoms with Crippen LogP contribution in [0.15, 0.2) is 54.9 Å². The lowest BCUT2D eigenvalue weighted by Gasteiger charge is -2.53. The molecule has 1 aliphatic heterocycles. The van der Waals surface area contributed by atoms with E-state index in [0.717, 1.165) is 25.1 Å². The molecule has 0 radical (unpaired) electrons. The number of hydrogen-bond donors (Lipinski definition) is 3. The number of aromatic nitrogens is 3. The summed E-state index contributed by atoms with van der Waals surface area (Å²) in [6, 6.07) is 14.1. The van der Waals surface area contributed by atoms with Gasteiger partial charge in [-0.3, -0.25) is 4.90 Å². The van der Waals surface area contributed by atoms with Crippen LogP contribution in [-0.4, -0.2) is 44.0 Å². The predicted octanol–water partition coefficient (Wildman–Crippen LogP) is 5.43. The van der Waals surface area contributed by atoms with Crippen molar-refractivity contribution < 1.29 is 4.39 Å². The molecule has 3 aromatic rings. The highest BCUT2D eigenvalue weighted by Crippen LogP contribution is 2.38. The maximum atomic E-state index is 14.6. The van der Waals surface area contributed by atoms with Crippen molar-refractivity contribution >= 4 is 23.3 Å². The quantitative estimate of drug-likeness (QED) is 0.431. The molecule has 4 rings (SSSR count). The summed E-state index contributed by atoms with van der Waals surface area (Å²) < 4.78 is 14.6. The third kappa shape index (κ3) is 5.62. The number of pyridine rings is 1. The van der Waals surface area contributed by atoms with Crippen LogP contribution in [0.5, 0.6) is 0 Å². The predicted molar refractivity (Wildman–Crippen MR) is 136 cm³/mol. The number of likely N-dealkylation sites (tertiary alicyclic amines) is 1. The summed E-state index contributed by atoms with van der Waals surface area (Å²) in [4.78, 5) is 15.3. The minimum Gasteiger partial charge on any atom is -0.380 e. The highest BCUT2D eigenvalue weighted by molar-refractivity contribution is 5.54. The van der Waals surface area contributed by atoms with Crippen molar-refractivity contribution in [2.45, 2.75) is 64.2 Å². The van der Waals surface area contributed by atoms with E-state index in [1.165, 1.54) is 11.8 Å². The molecule has 1 aliphatic rings. The molecule has 1 fully saturated rings. The molecule has 3 N–H and O–H groups in total. The van der Waals surface area contributed by atoms with Gasteiger partial charge >= 0.3 is 0 Å². The molecule has 1 aromatic carbocycles. The zero-order valence-electron chi connectivity index (χ0n) is 20.6. The average Bonchev–Trinajstić information content (AvgIpc) is 2.79. The molecule has 0 atom stereocenters. The first-order valence-electron chi connectivity index (χ1n) is 11.7. The molecule has 0 unspecified atom stereocenters. The Hall–Kier alpha value is -3.26. The molecule has 34 heavy (non-hydrogen) atoms. The van der Waals surface area contributed by atoms with Crippen LogP contribution < -0.4 is 16.0 Å². The van der Waals surface area contributed by atoms with Crippen LogP contribution >= 0.6 is 0 Å². The van der Waals surface area contributed by atoms with Crippen LogP contribution in [0.4, 0.5) is 27.7 Å². The van der Waals surface area contributed by atoms with Gasteiger partial charge in [0.15, 0.2) is 11.6 Å². The summed E-state index contributed by atoms with van der Waals surface area (Å²) in [5.41, 5.74) is 2.08. The standard InChI is InChI=1S/C26H34FN7/c1-25(2)13-20(14-26(3,4)34(25)5)31-23-21(27)17-30-24(33-23)32-22-12-11-19(16-29-22)28-15-18-9-7-6-8-10-18/h6-12,16-17,20,28H,13-15H2,1-5H3,(H2,29,30,31,32,33). The van der Waals surface area contributed by atoms with Gasteiger partial charge in [0, 0.05) is 23.7 Å². The summed E-state index contributed by atoms with van der Waals surface area (Å²) in [6.45, 7) is 9.59. The number of hydrogen-bond acceptors (Lipinski definition) is 7. The van der Waals surface area contributed by atoms with Crippen LogP contribution in [0, 0.1) is 5.82 Å². The van der Waals surface area contributed by atoms with Gasteiger partial charge in [-0.2, -0.15) is 4.98 Å². The average molecular weight is 464 g/mol. The first kappa shape index (κ1) is 23.9. The number of benzene rings is 1. The molecule has 7 nitrogen and oxygen atoms in total. The van der Waals surface area contributed by atoms with E-state index in [4.69, 9.17) is 0 Å². The van der Waals surface area contributed by atoms with Crippen molar-refractivity contribution in [3.63, 3.8) is 0 Å². The first-order chi connectivity index (χ1) is 16.1. The normalized spacial score (nSPS) is 17.8. The van der Waals surface area contributed by atoms with Gasteiger partial charge in [0.25, 0.3) is 0 Å². The molecule has 0 spiro atoms.